The molecule has 0 radical (unpaired) electrons. The Balaban J connectivity index is 2.40. The molecule has 102 valence electrons. The number of nitrogens with zero attached hydrogens (tertiary/aromatic N) is 1. The third kappa shape index (κ3) is 2.74. The van der Waals surface area contributed by atoms with Gasteiger partial charge in [-0.2, -0.15) is 13.2 Å². The van der Waals surface area contributed by atoms with E-state index in [0.717, 1.165) is 24.4 Å². The van der Waals surface area contributed by atoms with E-state index in [1.54, 1.807) is 0 Å². The van der Waals surface area contributed by atoms with E-state index in [2.05, 4.69) is 4.98 Å². The zero-order valence-electron chi connectivity index (χ0n) is 9.21. The normalized spacial score (nSPS) is 13.6. The van der Waals surface area contributed by atoms with Crippen molar-refractivity contribution in [1.29, 1.82) is 0 Å². The summed E-state index contributed by atoms with van der Waals surface area (Å²) in [6.07, 6.45) is -3.72. The molecule has 1 heterocycles. The Morgan fingerprint density at radius 1 is 1.16 bits per heavy atom. The maximum absolute atomic E-state index is 13.5. The number of alkyl halides is 3. The molecule has 2 aromatic rings. The van der Waals surface area contributed by atoms with E-state index < -0.39 is 34.4 Å². The molecule has 1 aromatic carbocycles. The second-order valence-corrected chi connectivity index (χ2v) is 4.74. The molecule has 0 fully saturated rings. The zero-order valence-corrected chi connectivity index (χ0v) is 10.0. The molecule has 1 unspecified atom stereocenters. The van der Waals surface area contributed by atoms with Crippen LogP contribution < -0.4 is 5.73 Å². The van der Waals surface area contributed by atoms with Crippen LogP contribution in [0.3, 0.4) is 0 Å². The molecular weight excluding hydrogens is 287 g/mol. The number of aromatic nitrogens is 1. The Bertz CT molecular complexity index is 573. The molecule has 2 N–H and O–H groups in total. The van der Waals surface area contributed by atoms with Crippen molar-refractivity contribution in [3.8, 4) is 0 Å². The topological polar surface area (TPSA) is 38.9 Å². The Morgan fingerprint density at radius 2 is 1.74 bits per heavy atom. The first-order valence-corrected chi connectivity index (χ1v) is 5.84. The number of halogens is 5. The van der Waals surface area contributed by atoms with Crippen LogP contribution in [0.25, 0.3) is 0 Å². The van der Waals surface area contributed by atoms with Gasteiger partial charge in [0.2, 0.25) is 0 Å². The van der Waals surface area contributed by atoms with Gasteiger partial charge in [0.1, 0.15) is 11.6 Å². The number of hydrogen-bond acceptors (Lipinski definition) is 3. The second-order valence-electron chi connectivity index (χ2n) is 3.68. The summed E-state index contributed by atoms with van der Waals surface area (Å²) >= 11 is 0.266. The van der Waals surface area contributed by atoms with E-state index in [1.165, 1.54) is 0 Å². The van der Waals surface area contributed by atoms with E-state index in [-0.39, 0.29) is 16.2 Å². The first kappa shape index (κ1) is 13.9. The lowest BCUT2D eigenvalue weighted by atomic mass is 10.1. The molecule has 1 atom stereocenters. The van der Waals surface area contributed by atoms with Crippen LogP contribution in [0.5, 0.6) is 0 Å². The molecule has 8 heteroatoms. The third-order valence-corrected chi connectivity index (χ3v) is 3.51. The van der Waals surface area contributed by atoms with E-state index in [0.29, 0.717) is 0 Å². The van der Waals surface area contributed by atoms with Crippen molar-refractivity contribution < 1.29 is 22.0 Å². The molecule has 0 spiro atoms. The van der Waals surface area contributed by atoms with Gasteiger partial charge in [-0.3, -0.25) is 0 Å². The van der Waals surface area contributed by atoms with Gasteiger partial charge < -0.3 is 5.73 Å². The second kappa shape index (κ2) is 4.86. The number of rotatable bonds is 2. The van der Waals surface area contributed by atoms with Gasteiger partial charge in [-0.05, 0) is 12.1 Å². The Kier molecular flexibility index (Phi) is 3.55. The molecule has 0 aliphatic carbocycles. The number of nitrogens with two attached hydrogens (primary N) is 1. The highest BCUT2D eigenvalue weighted by molar-refractivity contribution is 7.11. The first-order valence-electron chi connectivity index (χ1n) is 5.03. The van der Waals surface area contributed by atoms with Crippen LogP contribution in [0.15, 0.2) is 24.4 Å². The van der Waals surface area contributed by atoms with Crippen LogP contribution in [-0.2, 0) is 6.18 Å². The Hall–Kier alpha value is -1.54. The predicted octanol–water partition coefficient (Wildman–Crippen LogP) is 3.49. The van der Waals surface area contributed by atoms with Crippen molar-refractivity contribution in [1.82, 2.24) is 4.98 Å². The fourth-order valence-corrected chi connectivity index (χ4v) is 2.31. The van der Waals surface area contributed by atoms with Gasteiger partial charge in [0.15, 0.2) is 5.01 Å². The smallest absolute Gasteiger partial charge is 0.319 e. The molecule has 0 bridgehead atoms. The van der Waals surface area contributed by atoms with Gasteiger partial charge in [0.25, 0.3) is 0 Å². The third-order valence-electron chi connectivity index (χ3n) is 2.38. The van der Waals surface area contributed by atoms with Gasteiger partial charge in [-0.15, -0.1) is 11.3 Å². The lowest BCUT2D eigenvalue weighted by Gasteiger charge is -2.11. The molecule has 0 saturated carbocycles. The average Bonchev–Trinajstić information content (AvgIpc) is 2.77. The summed E-state index contributed by atoms with van der Waals surface area (Å²) < 4.78 is 64.1. The van der Waals surface area contributed by atoms with Crippen molar-refractivity contribution in [2.24, 2.45) is 5.73 Å². The fraction of sp³-hybridized carbons (Fsp3) is 0.182. The lowest BCUT2D eigenvalue weighted by Crippen LogP contribution is -2.14. The summed E-state index contributed by atoms with van der Waals surface area (Å²) in [5.41, 5.74) is 5.13. The van der Waals surface area contributed by atoms with Crippen LogP contribution >= 0.6 is 11.3 Å². The standard InChI is InChI=1S/C11H7F5N2S/c12-5-2-1-3-6(13)8(5)9(17)7-4-18-10(19-7)11(14,15)16/h1-4,9H,17H2. The molecule has 0 saturated heterocycles. The molecule has 2 rings (SSSR count). The number of benzene rings is 1. The maximum Gasteiger partial charge on any atom is 0.443 e. The first-order chi connectivity index (χ1) is 8.80. The summed E-state index contributed by atoms with van der Waals surface area (Å²) in [4.78, 5) is 3.10. The molecule has 1 aromatic heterocycles. The summed E-state index contributed by atoms with van der Waals surface area (Å²) in [7, 11) is 0. The van der Waals surface area contributed by atoms with Gasteiger partial charge in [-0.25, -0.2) is 13.8 Å². The summed E-state index contributed by atoms with van der Waals surface area (Å²) in [5.74, 6) is -1.82. The highest BCUT2D eigenvalue weighted by Gasteiger charge is 2.35. The van der Waals surface area contributed by atoms with Crippen LogP contribution in [0.2, 0.25) is 0 Å². The van der Waals surface area contributed by atoms with Crippen LogP contribution in [0, 0.1) is 11.6 Å². The minimum absolute atomic E-state index is 0.0590. The predicted molar refractivity (Wildman–Crippen MR) is 59.5 cm³/mol. The molecule has 2 nitrogen and oxygen atoms in total. The van der Waals surface area contributed by atoms with Crippen molar-refractivity contribution in [3.05, 3.63) is 51.5 Å². The largest absolute Gasteiger partial charge is 0.443 e. The van der Waals surface area contributed by atoms with E-state index in [1.807, 2.05) is 0 Å². The van der Waals surface area contributed by atoms with Crippen molar-refractivity contribution in [2.75, 3.05) is 0 Å². The van der Waals surface area contributed by atoms with Gasteiger partial charge >= 0.3 is 6.18 Å². The summed E-state index contributed by atoms with van der Waals surface area (Å²) in [6.45, 7) is 0. The monoisotopic (exact) mass is 294 g/mol. The van der Waals surface area contributed by atoms with Gasteiger partial charge in [0, 0.05) is 16.6 Å². The molecular formula is C11H7F5N2S. The fourth-order valence-electron chi connectivity index (χ4n) is 1.51. The minimum atomic E-state index is -4.60. The summed E-state index contributed by atoms with van der Waals surface area (Å²) in [6, 6.07) is 1.80. The van der Waals surface area contributed by atoms with Crippen LogP contribution in [0.1, 0.15) is 21.5 Å². The van der Waals surface area contributed by atoms with E-state index in [9.17, 15) is 22.0 Å². The number of thiazole rings is 1. The van der Waals surface area contributed by atoms with Crippen molar-refractivity contribution in [2.45, 2.75) is 12.2 Å². The molecule has 0 amide bonds. The SMILES string of the molecule is NC(c1cnc(C(F)(F)F)s1)c1c(F)cccc1F. The van der Waals surface area contributed by atoms with Crippen LogP contribution in [0.4, 0.5) is 22.0 Å². The van der Waals surface area contributed by atoms with E-state index in [4.69, 9.17) is 5.73 Å². The molecule has 0 aliphatic heterocycles. The highest BCUT2D eigenvalue weighted by atomic mass is 32.1. The van der Waals surface area contributed by atoms with Crippen molar-refractivity contribution in [3.63, 3.8) is 0 Å². The summed E-state index contributed by atoms with van der Waals surface area (Å²) in [5, 5.41) is -1.10. The van der Waals surface area contributed by atoms with Crippen molar-refractivity contribution >= 4 is 11.3 Å². The number of hydrogen-bond donors (Lipinski definition) is 1. The van der Waals surface area contributed by atoms with Crippen LogP contribution in [-0.4, -0.2) is 4.98 Å². The van der Waals surface area contributed by atoms with Gasteiger partial charge in [-0.1, -0.05) is 6.07 Å². The maximum atomic E-state index is 13.5. The lowest BCUT2D eigenvalue weighted by molar-refractivity contribution is -0.137. The highest BCUT2D eigenvalue weighted by Crippen LogP contribution is 2.36. The zero-order chi connectivity index (χ0) is 14.2. The average molecular weight is 294 g/mol. The van der Waals surface area contributed by atoms with E-state index >= 15 is 0 Å². The molecule has 19 heavy (non-hydrogen) atoms. The quantitative estimate of drug-likeness (QED) is 0.861. The van der Waals surface area contributed by atoms with Gasteiger partial charge in [0.05, 0.1) is 6.04 Å². The Labute approximate surface area is 108 Å². The molecule has 0 aliphatic rings. The Morgan fingerprint density at radius 3 is 2.21 bits per heavy atom. The minimum Gasteiger partial charge on any atom is -0.319 e.